The standard InChI is InChI=1S/C11H21NO2/c1-6-10(14-11(13)7-2)12-9(5)8(3)4/h7-10,12H,2,6H2,1,3-5H3. The molecule has 0 aliphatic heterocycles. The zero-order chi connectivity index (χ0) is 11.1. The van der Waals surface area contributed by atoms with Crippen LogP contribution < -0.4 is 5.32 Å². The predicted octanol–water partition coefficient (Wildman–Crippen LogP) is 2.09. The summed E-state index contributed by atoms with van der Waals surface area (Å²) in [5.74, 6) is 0.145. The Hall–Kier alpha value is -0.830. The van der Waals surface area contributed by atoms with Gasteiger partial charge in [-0.3, -0.25) is 5.32 Å². The normalized spacial score (nSPS) is 14.9. The zero-order valence-corrected chi connectivity index (χ0v) is 9.54. The van der Waals surface area contributed by atoms with Gasteiger partial charge in [-0.1, -0.05) is 27.4 Å². The maximum absolute atomic E-state index is 11.0. The molecule has 14 heavy (non-hydrogen) atoms. The maximum Gasteiger partial charge on any atom is 0.331 e. The summed E-state index contributed by atoms with van der Waals surface area (Å²) < 4.78 is 5.10. The van der Waals surface area contributed by atoms with E-state index in [2.05, 4.69) is 32.7 Å². The summed E-state index contributed by atoms with van der Waals surface area (Å²) in [5, 5.41) is 3.24. The van der Waals surface area contributed by atoms with Crippen molar-refractivity contribution in [2.45, 2.75) is 46.4 Å². The Bertz CT molecular complexity index is 190. The van der Waals surface area contributed by atoms with E-state index in [4.69, 9.17) is 4.74 Å². The minimum absolute atomic E-state index is 0.210. The van der Waals surface area contributed by atoms with Gasteiger partial charge in [0.05, 0.1) is 0 Å². The molecular weight excluding hydrogens is 178 g/mol. The van der Waals surface area contributed by atoms with E-state index in [0.717, 1.165) is 6.42 Å². The molecule has 0 aliphatic carbocycles. The van der Waals surface area contributed by atoms with Crippen LogP contribution in [0.1, 0.15) is 34.1 Å². The van der Waals surface area contributed by atoms with Gasteiger partial charge in [0.15, 0.2) is 6.23 Å². The smallest absolute Gasteiger partial charge is 0.331 e. The maximum atomic E-state index is 11.0. The average molecular weight is 199 g/mol. The van der Waals surface area contributed by atoms with E-state index in [1.165, 1.54) is 6.08 Å². The number of nitrogens with one attached hydrogen (secondary N) is 1. The summed E-state index contributed by atoms with van der Waals surface area (Å²) in [7, 11) is 0. The lowest BCUT2D eigenvalue weighted by molar-refractivity contribution is -0.145. The second kappa shape index (κ2) is 6.60. The van der Waals surface area contributed by atoms with Crippen LogP contribution in [0.3, 0.4) is 0 Å². The highest BCUT2D eigenvalue weighted by molar-refractivity contribution is 5.81. The number of carbonyl (C=O) groups excluding carboxylic acids is 1. The van der Waals surface area contributed by atoms with Gasteiger partial charge in [-0.05, 0) is 19.3 Å². The molecule has 0 bridgehead atoms. The van der Waals surface area contributed by atoms with Crippen LogP contribution in [0.2, 0.25) is 0 Å². The lowest BCUT2D eigenvalue weighted by Gasteiger charge is -2.24. The van der Waals surface area contributed by atoms with Crippen LogP contribution in [0.4, 0.5) is 0 Å². The molecule has 0 spiro atoms. The number of ether oxygens (including phenoxy) is 1. The zero-order valence-electron chi connectivity index (χ0n) is 9.54. The van der Waals surface area contributed by atoms with Crippen LogP contribution in [0.5, 0.6) is 0 Å². The summed E-state index contributed by atoms with van der Waals surface area (Å²) in [6.07, 6.45) is 1.74. The molecule has 3 nitrogen and oxygen atoms in total. The Balaban J connectivity index is 4.02. The first-order chi connectivity index (χ1) is 6.51. The van der Waals surface area contributed by atoms with E-state index >= 15 is 0 Å². The van der Waals surface area contributed by atoms with E-state index in [1.54, 1.807) is 0 Å². The Labute approximate surface area is 86.5 Å². The highest BCUT2D eigenvalue weighted by atomic mass is 16.6. The fraction of sp³-hybridized carbons (Fsp3) is 0.727. The number of carbonyl (C=O) groups is 1. The molecule has 0 radical (unpaired) electrons. The quantitative estimate of drug-likeness (QED) is 0.404. The van der Waals surface area contributed by atoms with E-state index in [9.17, 15) is 4.79 Å². The molecule has 0 amide bonds. The van der Waals surface area contributed by atoms with Crippen LogP contribution in [0.25, 0.3) is 0 Å². The van der Waals surface area contributed by atoms with Crippen LogP contribution >= 0.6 is 0 Å². The summed E-state index contributed by atoms with van der Waals surface area (Å²) in [6.45, 7) is 11.7. The molecule has 82 valence electrons. The minimum atomic E-state index is -0.375. The molecule has 0 fully saturated rings. The van der Waals surface area contributed by atoms with Gasteiger partial charge in [0.1, 0.15) is 0 Å². The lowest BCUT2D eigenvalue weighted by atomic mass is 10.1. The average Bonchev–Trinajstić information content (AvgIpc) is 2.16. The van der Waals surface area contributed by atoms with Crippen LogP contribution in [0, 0.1) is 5.92 Å². The molecule has 0 heterocycles. The second-order valence-electron chi connectivity index (χ2n) is 3.74. The highest BCUT2D eigenvalue weighted by Crippen LogP contribution is 2.04. The van der Waals surface area contributed by atoms with Crippen molar-refractivity contribution in [2.24, 2.45) is 5.92 Å². The third kappa shape index (κ3) is 5.02. The third-order valence-electron chi connectivity index (χ3n) is 2.24. The molecule has 0 aliphatic rings. The van der Waals surface area contributed by atoms with Crippen molar-refractivity contribution in [3.63, 3.8) is 0 Å². The highest BCUT2D eigenvalue weighted by Gasteiger charge is 2.15. The Morgan fingerprint density at radius 2 is 2.07 bits per heavy atom. The number of hydrogen-bond acceptors (Lipinski definition) is 3. The van der Waals surface area contributed by atoms with Gasteiger partial charge in [0.2, 0.25) is 0 Å². The monoisotopic (exact) mass is 199 g/mol. The first-order valence-electron chi connectivity index (χ1n) is 5.10. The summed E-state index contributed by atoms with van der Waals surface area (Å²) >= 11 is 0. The van der Waals surface area contributed by atoms with E-state index < -0.39 is 0 Å². The van der Waals surface area contributed by atoms with Crippen molar-refractivity contribution in [1.82, 2.24) is 5.32 Å². The van der Waals surface area contributed by atoms with Gasteiger partial charge in [-0.15, -0.1) is 0 Å². The van der Waals surface area contributed by atoms with E-state index in [1.807, 2.05) is 6.92 Å². The summed E-state index contributed by atoms with van der Waals surface area (Å²) in [4.78, 5) is 11.0. The second-order valence-corrected chi connectivity index (χ2v) is 3.74. The van der Waals surface area contributed by atoms with Crippen LogP contribution in [-0.4, -0.2) is 18.2 Å². The molecular formula is C11H21NO2. The molecule has 0 aromatic carbocycles. The molecule has 1 N–H and O–H groups in total. The van der Waals surface area contributed by atoms with E-state index in [-0.39, 0.29) is 12.2 Å². The molecule has 2 unspecified atom stereocenters. The molecule has 0 rings (SSSR count). The Morgan fingerprint density at radius 3 is 2.43 bits per heavy atom. The van der Waals surface area contributed by atoms with Crippen molar-refractivity contribution in [1.29, 1.82) is 0 Å². The van der Waals surface area contributed by atoms with Crippen molar-refractivity contribution < 1.29 is 9.53 Å². The molecule has 3 heteroatoms. The van der Waals surface area contributed by atoms with Gasteiger partial charge in [0, 0.05) is 12.1 Å². The van der Waals surface area contributed by atoms with Gasteiger partial charge in [0.25, 0.3) is 0 Å². The third-order valence-corrected chi connectivity index (χ3v) is 2.24. The van der Waals surface area contributed by atoms with Gasteiger partial charge < -0.3 is 4.74 Å². The number of esters is 1. The van der Waals surface area contributed by atoms with Crippen molar-refractivity contribution >= 4 is 5.97 Å². The molecule has 0 saturated heterocycles. The van der Waals surface area contributed by atoms with E-state index in [0.29, 0.717) is 12.0 Å². The van der Waals surface area contributed by atoms with Crippen LogP contribution in [0.15, 0.2) is 12.7 Å². The molecule has 0 aromatic rings. The lowest BCUT2D eigenvalue weighted by Crippen LogP contribution is -2.41. The van der Waals surface area contributed by atoms with Gasteiger partial charge >= 0.3 is 5.97 Å². The number of rotatable bonds is 6. The van der Waals surface area contributed by atoms with Gasteiger partial charge in [-0.25, -0.2) is 4.79 Å². The van der Waals surface area contributed by atoms with Gasteiger partial charge in [-0.2, -0.15) is 0 Å². The first-order valence-corrected chi connectivity index (χ1v) is 5.10. The molecule has 0 saturated carbocycles. The van der Waals surface area contributed by atoms with Crippen LogP contribution in [-0.2, 0) is 9.53 Å². The largest absolute Gasteiger partial charge is 0.443 e. The summed E-state index contributed by atoms with van der Waals surface area (Å²) in [6, 6.07) is 0.331. The molecule has 2 atom stereocenters. The Morgan fingerprint density at radius 1 is 1.50 bits per heavy atom. The van der Waals surface area contributed by atoms with Crippen molar-refractivity contribution in [3.8, 4) is 0 Å². The minimum Gasteiger partial charge on any atom is -0.443 e. The Kier molecular flexibility index (Phi) is 6.21. The SMILES string of the molecule is C=CC(=O)OC(CC)NC(C)C(C)C. The predicted molar refractivity (Wildman–Crippen MR) is 57.8 cm³/mol. The fourth-order valence-corrected chi connectivity index (χ4v) is 0.909. The van der Waals surface area contributed by atoms with Crippen molar-refractivity contribution in [2.75, 3.05) is 0 Å². The van der Waals surface area contributed by atoms with Crippen molar-refractivity contribution in [3.05, 3.63) is 12.7 Å². The first kappa shape index (κ1) is 13.2. The number of hydrogen-bond donors (Lipinski definition) is 1. The molecule has 0 aromatic heterocycles. The fourth-order valence-electron chi connectivity index (χ4n) is 0.909. The topological polar surface area (TPSA) is 38.3 Å². The summed E-state index contributed by atoms with van der Waals surface area (Å²) in [5.41, 5.74) is 0.